The van der Waals surface area contributed by atoms with Crippen molar-refractivity contribution in [3.8, 4) is 90.0 Å². The number of hydrogen-bond acceptors (Lipinski definition) is 3. The Morgan fingerprint density at radius 2 is 0.682 bits per heavy atom. The number of allylic oxidation sites excluding steroid dienone is 2. The minimum atomic E-state index is 0.565. The topological polar surface area (TPSA) is 53.5 Å². The fourth-order valence-corrected chi connectivity index (χ4v) is 13.1. The monoisotopic (exact) mass is 1120 g/mol. The molecule has 0 bridgehead atoms. The number of benzene rings is 12. The molecule has 0 amide bonds. The summed E-state index contributed by atoms with van der Waals surface area (Å²) in [7, 11) is 0. The van der Waals surface area contributed by atoms with Crippen molar-refractivity contribution in [2.45, 2.75) is 6.92 Å². The summed E-state index contributed by atoms with van der Waals surface area (Å²) in [6.07, 6.45) is 4.50. The van der Waals surface area contributed by atoms with Gasteiger partial charge < -0.3 is 13.7 Å². The molecular formula is C82H56N6. The lowest BCUT2D eigenvalue weighted by molar-refractivity contribution is 1.05. The Bertz CT molecular complexity index is 5100. The molecule has 0 saturated carbocycles. The van der Waals surface area contributed by atoms with Crippen molar-refractivity contribution in [2.75, 3.05) is 0 Å². The van der Waals surface area contributed by atoms with Gasteiger partial charge in [-0.05, 0) is 94.9 Å². The predicted molar refractivity (Wildman–Crippen MR) is 368 cm³/mol. The molecular weight excluding hydrogens is 1070 g/mol. The van der Waals surface area contributed by atoms with E-state index in [1.54, 1.807) is 0 Å². The highest BCUT2D eigenvalue weighted by atomic mass is 15.0. The SMILES string of the molecule is C=C(/C=C\c1c(C)n(-c2c(-c3ccccc3)cc(-c3nc(-c4ccc(-c5ccccc5)cc4)nc(-c4ccc(-c5ccccc5)cc4)n3)cc2-c2ccccc2)c2cccc(-n3c4ccccc4c4ccccc43)c12)n1c2ccccc2c2ccccc21. The molecule has 0 N–H and O–H groups in total. The zero-order valence-electron chi connectivity index (χ0n) is 48.3. The van der Waals surface area contributed by atoms with Crippen molar-refractivity contribution in [3.05, 3.63) is 321 Å². The molecule has 0 unspecified atom stereocenters. The van der Waals surface area contributed by atoms with Crippen molar-refractivity contribution < 1.29 is 0 Å². The third kappa shape index (κ3) is 8.93. The van der Waals surface area contributed by atoms with Crippen LogP contribution in [0.5, 0.6) is 0 Å². The van der Waals surface area contributed by atoms with Gasteiger partial charge in [-0.3, -0.25) is 0 Å². The second-order valence-corrected chi connectivity index (χ2v) is 22.4. The Hall–Kier alpha value is -11.7. The fourth-order valence-electron chi connectivity index (χ4n) is 13.1. The molecule has 414 valence electrons. The lowest BCUT2D eigenvalue weighted by atomic mass is 9.92. The molecule has 0 saturated heterocycles. The van der Waals surface area contributed by atoms with Gasteiger partial charge in [-0.2, -0.15) is 0 Å². The summed E-state index contributed by atoms with van der Waals surface area (Å²) in [6, 6.07) is 106. The minimum Gasteiger partial charge on any atom is -0.312 e. The van der Waals surface area contributed by atoms with Crippen LogP contribution >= 0.6 is 0 Å². The van der Waals surface area contributed by atoms with E-state index in [1.807, 2.05) is 12.1 Å². The minimum absolute atomic E-state index is 0.565. The number of hydrogen-bond donors (Lipinski definition) is 0. The average molecular weight is 1130 g/mol. The van der Waals surface area contributed by atoms with Crippen LogP contribution in [0.2, 0.25) is 0 Å². The maximum absolute atomic E-state index is 5.45. The molecule has 0 aliphatic rings. The first-order chi connectivity index (χ1) is 43.5. The molecule has 4 heterocycles. The Balaban J connectivity index is 0.954. The highest BCUT2D eigenvalue weighted by Crippen LogP contribution is 2.46. The lowest BCUT2D eigenvalue weighted by Gasteiger charge is -2.21. The van der Waals surface area contributed by atoms with Gasteiger partial charge >= 0.3 is 0 Å². The van der Waals surface area contributed by atoms with Gasteiger partial charge in [0.05, 0.1) is 39.0 Å². The van der Waals surface area contributed by atoms with E-state index in [0.717, 1.165) is 122 Å². The highest BCUT2D eigenvalue weighted by Gasteiger charge is 2.27. The maximum Gasteiger partial charge on any atom is 0.164 e. The Kier molecular flexibility index (Phi) is 12.8. The summed E-state index contributed by atoms with van der Waals surface area (Å²) in [5.74, 6) is 1.74. The Labute approximate surface area is 510 Å². The maximum atomic E-state index is 5.45. The zero-order valence-corrected chi connectivity index (χ0v) is 48.3. The molecule has 0 aliphatic carbocycles. The van der Waals surface area contributed by atoms with Crippen LogP contribution < -0.4 is 0 Å². The number of nitrogens with zero attached hydrogens (tertiary/aromatic N) is 6. The molecule has 0 spiro atoms. The molecule has 12 aromatic carbocycles. The van der Waals surface area contributed by atoms with Gasteiger partial charge in [-0.1, -0.05) is 261 Å². The molecule has 0 aliphatic heterocycles. The average Bonchev–Trinajstić information content (AvgIpc) is 1.92. The number of fused-ring (bicyclic) bond motifs is 7. The number of aromatic nitrogens is 6. The summed E-state index contributed by atoms with van der Waals surface area (Å²) in [4.78, 5) is 16.2. The van der Waals surface area contributed by atoms with E-state index in [1.165, 1.54) is 21.5 Å². The number of rotatable bonds is 12. The fraction of sp³-hybridized carbons (Fsp3) is 0.0122. The summed E-state index contributed by atoms with van der Waals surface area (Å²) in [6.45, 7) is 7.09. The third-order valence-corrected chi connectivity index (χ3v) is 17.3. The van der Waals surface area contributed by atoms with E-state index in [0.29, 0.717) is 17.5 Å². The van der Waals surface area contributed by atoms with Crippen LogP contribution in [-0.4, -0.2) is 28.7 Å². The summed E-state index contributed by atoms with van der Waals surface area (Å²) >= 11 is 0. The van der Waals surface area contributed by atoms with Gasteiger partial charge in [-0.25, -0.2) is 15.0 Å². The van der Waals surface area contributed by atoms with Crippen LogP contribution in [0.1, 0.15) is 11.3 Å². The summed E-state index contributed by atoms with van der Waals surface area (Å²) in [5, 5.41) is 5.91. The quantitative estimate of drug-likeness (QED) is 0.115. The van der Waals surface area contributed by atoms with Gasteiger partial charge in [0.25, 0.3) is 0 Å². The van der Waals surface area contributed by atoms with E-state index in [4.69, 9.17) is 21.5 Å². The van der Waals surface area contributed by atoms with Crippen LogP contribution in [0, 0.1) is 6.92 Å². The molecule has 16 aromatic rings. The van der Waals surface area contributed by atoms with E-state index < -0.39 is 0 Å². The number of para-hydroxylation sites is 4. The zero-order chi connectivity index (χ0) is 58.7. The van der Waals surface area contributed by atoms with E-state index >= 15 is 0 Å². The molecule has 6 heteroatoms. The molecule has 6 nitrogen and oxygen atoms in total. The summed E-state index contributed by atoms with van der Waals surface area (Å²) in [5.41, 5.74) is 22.0. The second kappa shape index (κ2) is 21.7. The van der Waals surface area contributed by atoms with E-state index in [9.17, 15) is 0 Å². The normalized spacial score (nSPS) is 11.7. The first-order valence-electron chi connectivity index (χ1n) is 29.9. The first-order valence-corrected chi connectivity index (χ1v) is 29.9. The second-order valence-electron chi connectivity index (χ2n) is 22.4. The van der Waals surface area contributed by atoms with Crippen molar-refractivity contribution in [3.63, 3.8) is 0 Å². The van der Waals surface area contributed by atoms with Crippen molar-refractivity contribution in [1.82, 2.24) is 28.7 Å². The Morgan fingerprint density at radius 3 is 1.14 bits per heavy atom. The highest BCUT2D eigenvalue weighted by molar-refractivity contribution is 6.13. The van der Waals surface area contributed by atoms with Crippen LogP contribution in [0.25, 0.3) is 156 Å². The van der Waals surface area contributed by atoms with Gasteiger partial charge in [0.15, 0.2) is 17.5 Å². The molecule has 0 atom stereocenters. The smallest absolute Gasteiger partial charge is 0.164 e. The molecule has 0 radical (unpaired) electrons. The molecule has 88 heavy (non-hydrogen) atoms. The lowest BCUT2D eigenvalue weighted by Crippen LogP contribution is -2.05. The van der Waals surface area contributed by atoms with Crippen molar-refractivity contribution in [1.29, 1.82) is 0 Å². The van der Waals surface area contributed by atoms with Gasteiger partial charge in [0.1, 0.15) is 0 Å². The molecule has 16 rings (SSSR count). The van der Waals surface area contributed by atoms with Crippen molar-refractivity contribution in [2.24, 2.45) is 0 Å². The van der Waals surface area contributed by atoms with Gasteiger partial charge in [-0.15, -0.1) is 0 Å². The first kappa shape index (κ1) is 51.9. The standard InChI is InChI=1S/C82H56N6/c1-54(86-72-36-19-15-32-66(72)67-33-16-20-37-73(67)86)42-51-65-55(2)87(76-40-23-41-77(78(65)76)88-74-38-21-17-34-68(74)69-35-18-22-39-75(69)88)79-70(60-28-11-5-12-29-60)52-64(53-71(79)61-30-13-6-14-31-61)82-84-80(62-47-43-58(44-48-62)56-24-7-3-8-25-56)83-81(85-82)63-49-45-59(46-50-63)57-26-9-4-10-27-57/h3-53H,1H2,2H3/b51-42-. The van der Waals surface area contributed by atoms with Crippen molar-refractivity contribution >= 4 is 66.3 Å². The van der Waals surface area contributed by atoms with E-state index in [2.05, 4.69) is 318 Å². The van der Waals surface area contributed by atoms with Crippen LogP contribution in [0.3, 0.4) is 0 Å². The van der Waals surface area contributed by atoms with Gasteiger partial charge in [0, 0.05) is 71.7 Å². The largest absolute Gasteiger partial charge is 0.312 e. The van der Waals surface area contributed by atoms with E-state index in [-0.39, 0.29) is 0 Å². The Morgan fingerprint density at radius 1 is 0.330 bits per heavy atom. The molecule has 4 aromatic heterocycles. The summed E-state index contributed by atoms with van der Waals surface area (Å²) < 4.78 is 7.24. The van der Waals surface area contributed by atoms with Crippen LogP contribution in [-0.2, 0) is 0 Å². The van der Waals surface area contributed by atoms with Gasteiger partial charge in [0.2, 0.25) is 0 Å². The third-order valence-electron chi connectivity index (χ3n) is 17.3. The predicted octanol–water partition coefficient (Wildman–Crippen LogP) is 21.2. The molecule has 0 fully saturated rings. The van der Waals surface area contributed by atoms with Crippen LogP contribution in [0.15, 0.2) is 310 Å². The van der Waals surface area contributed by atoms with Crippen LogP contribution in [0.4, 0.5) is 0 Å².